The summed E-state index contributed by atoms with van der Waals surface area (Å²) in [6.07, 6.45) is 9.30. The summed E-state index contributed by atoms with van der Waals surface area (Å²) in [4.78, 5) is 17.4. The minimum atomic E-state index is 0.215. The molecule has 1 aliphatic rings. The lowest BCUT2D eigenvalue weighted by Gasteiger charge is -2.27. The normalized spacial score (nSPS) is 20.3. The zero-order chi connectivity index (χ0) is 19.2. The van der Waals surface area contributed by atoms with Gasteiger partial charge in [-0.1, -0.05) is 38.3 Å². The Hall–Kier alpha value is -1.84. The third-order valence-corrected chi connectivity index (χ3v) is 6.02. The summed E-state index contributed by atoms with van der Waals surface area (Å²) in [5.74, 6) is 2.37. The number of nitrogens with one attached hydrogen (secondary N) is 1. The summed E-state index contributed by atoms with van der Waals surface area (Å²) < 4.78 is 2.29. The highest BCUT2D eigenvalue weighted by molar-refractivity contribution is 5.79. The van der Waals surface area contributed by atoms with Crippen LogP contribution >= 0.6 is 0 Å². The molecule has 0 radical (unpaired) electrons. The number of nitrogens with zero attached hydrogens (tertiary/aromatic N) is 2. The van der Waals surface area contributed by atoms with Gasteiger partial charge in [0.05, 0.1) is 11.0 Å². The van der Waals surface area contributed by atoms with E-state index >= 15 is 0 Å². The van der Waals surface area contributed by atoms with Crippen LogP contribution in [0.4, 0.5) is 0 Å². The molecule has 0 bridgehead atoms. The van der Waals surface area contributed by atoms with Crippen LogP contribution in [-0.4, -0.2) is 22.0 Å². The Kier molecular flexibility index (Phi) is 6.92. The second kappa shape index (κ2) is 9.38. The monoisotopic (exact) mass is 369 g/mol. The highest BCUT2D eigenvalue weighted by Crippen LogP contribution is 2.32. The zero-order valence-corrected chi connectivity index (χ0v) is 17.2. The number of para-hydroxylation sites is 2. The summed E-state index contributed by atoms with van der Waals surface area (Å²) in [6, 6.07) is 8.64. The molecular formula is C23H35N3O. The van der Waals surface area contributed by atoms with Crippen molar-refractivity contribution in [1.82, 2.24) is 14.9 Å². The maximum absolute atomic E-state index is 12.6. The number of aromatic nitrogens is 2. The summed E-state index contributed by atoms with van der Waals surface area (Å²) in [5, 5.41) is 3.18. The van der Waals surface area contributed by atoms with Gasteiger partial charge >= 0.3 is 0 Å². The van der Waals surface area contributed by atoms with Crippen LogP contribution in [0.3, 0.4) is 0 Å². The molecule has 2 aromatic rings. The van der Waals surface area contributed by atoms with E-state index in [1.54, 1.807) is 0 Å². The van der Waals surface area contributed by atoms with Crippen LogP contribution in [-0.2, 0) is 11.2 Å². The van der Waals surface area contributed by atoms with Gasteiger partial charge in [0.15, 0.2) is 0 Å². The standard InChI is InChI=1S/C23H35N3O/c1-4-5-8-18-11-13-19(14-12-18)23(27)24-16-15-22-25-20-9-6-7-10-21(20)26(22)17(2)3/h6-7,9-10,17-19H,4-5,8,11-16H2,1-3H3,(H,24,27). The van der Waals surface area contributed by atoms with Gasteiger partial charge in [-0.3, -0.25) is 4.79 Å². The average Bonchev–Trinajstić information content (AvgIpc) is 3.05. The maximum Gasteiger partial charge on any atom is 0.223 e. The largest absolute Gasteiger partial charge is 0.355 e. The van der Waals surface area contributed by atoms with E-state index in [0.29, 0.717) is 12.6 Å². The Morgan fingerprint density at radius 1 is 1.22 bits per heavy atom. The number of fused-ring (bicyclic) bond motifs is 1. The predicted molar refractivity (Wildman–Crippen MR) is 112 cm³/mol. The fraction of sp³-hybridized carbons (Fsp3) is 0.652. The lowest BCUT2D eigenvalue weighted by molar-refractivity contribution is -0.126. The number of rotatable bonds is 8. The zero-order valence-electron chi connectivity index (χ0n) is 17.2. The van der Waals surface area contributed by atoms with Crippen LogP contribution in [0, 0.1) is 11.8 Å². The Morgan fingerprint density at radius 2 is 1.96 bits per heavy atom. The van der Waals surface area contributed by atoms with Crippen LogP contribution < -0.4 is 5.32 Å². The fourth-order valence-corrected chi connectivity index (χ4v) is 4.49. The van der Waals surface area contributed by atoms with Crippen LogP contribution in [0.5, 0.6) is 0 Å². The molecule has 4 nitrogen and oxygen atoms in total. The Morgan fingerprint density at radius 3 is 2.67 bits per heavy atom. The molecule has 0 unspecified atom stereocenters. The molecule has 1 aromatic heterocycles. The van der Waals surface area contributed by atoms with Gasteiger partial charge in [0.2, 0.25) is 5.91 Å². The van der Waals surface area contributed by atoms with Crippen molar-refractivity contribution < 1.29 is 4.79 Å². The van der Waals surface area contributed by atoms with Gasteiger partial charge in [0, 0.05) is 24.9 Å². The van der Waals surface area contributed by atoms with E-state index in [9.17, 15) is 4.79 Å². The maximum atomic E-state index is 12.6. The summed E-state index contributed by atoms with van der Waals surface area (Å²) in [7, 11) is 0. The van der Waals surface area contributed by atoms with E-state index in [2.05, 4.69) is 48.9 Å². The molecule has 0 atom stereocenters. The predicted octanol–water partition coefficient (Wildman–Crippen LogP) is 5.27. The molecule has 0 aliphatic heterocycles. The first kappa shape index (κ1) is 19.9. The van der Waals surface area contributed by atoms with Crippen molar-refractivity contribution in [3.05, 3.63) is 30.1 Å². The second-order valence-corrected chi connectivity index (χ2v) is 8.38. The molecule has 0 saturated heterocycles. The number of amides is 1. The molecular weight excluding hydrogens is 334 g/mol. The van der Waals surface area contributed by atoms with Crippen molar-refractivity contribution in [3.8, 4) is 0 Å². The molecule has 27 heavy (non-hydrogen) atoms. The molecule has 1 N–H and O–H groups in total. The number of hydrogen-bond acceptors (Lipinski definition) is 2. The summed E-state index contributed by atoms with van der Waals surface area (Å²) >= 11 is 0. The molecule has 1 aliphatic carbocycles. The SMILES string of the molecule is CCCCC1CCC(C(=O)NCCc2nc3ccccc3n2C(C)C)CC1. The molecule has 3 rings (SSSR count). The average molecular weight is 370 g/mol. The van der Waals surface area contributed by atoms with Crippen molar-refractivity contribution in [1.29, 1.82) is 0 Å². The van der Waals surface area contributed by atoms with Gasteiger partial charge in [0.1, 0.15) is 5.82 Å². The van der Waals surface area contributed by atoms with Crippen LogP contribution in [0.1, 0.15) is 77.6 Å². The second-order valence-electron chi connectivity index (χ2n) is 8.38. The molecule has 148 valence electrons. The lowest BCUT2D eigenvalue weighted by atomic mass is 9.79. The Balaban J connectivity index is 1.51. The quantitative estimate of drug-likeness (QED) is 0.689. The van der Waals surface area contributed by atoms with Gasteiger partial charge in [-0.2, -0.15) is 0 Å². The molecule has 1 saturated carbocycles. The number of hydrogen-bond donors (Lipinski definition) is 1. The van der Waals surface area contributed by atoms with Crippen LogP contribution in [0.2, 0.25) is 0 Å². The number of unbranched alkanes of at least 4 members (excludes halogenated alkanes) is 1. The van der Waals surface area contributed by atoms with Crippen molar-refractivity contribution >= 4 is 16.9 Å². The molecule has 1 amide bonds. The number of benzene rings is 1. The molecule has 1 fully saturated rings. The number of carbonyl (C=O) groups is 1. The fourth-order valence-electron chi connectivity index (χ4n) is 4.49. The van der Waals surface area contributed by atoms with Gasteiger partial charge in [-0.05, 0) is 57.6 Å². The van der Waals surface area contributed by atoms with Crippen molar-refractivity contribution in [2.45, 2.75) is 78.2 Å². The van der Waals surface area contributed by atoms with Crippen LogP contribution in [0.15, 0.2) is 24.3 Å². The first-order valence-electron chi connectivity index (χ1n) is 10.8. The molecule has 0 spiro atoms. The van der Waals surface area contributed by atoms with Crippen LogP contribution in [0.25, 0.3) is 11.0 Å². The third-order valence-electron chi connectivity index (χ3n) is 6.02. The summed E-state index contributed by atoms with van der Waals surface area (Å²) in [5.41, 5.74) is 2.22. The number of carbonyl (C=O) groups excluding carboxylic acids is 1. The molecule has 1 aromatic carbocycles. The van der Waals surface area contributed by atoms with E-state index in [1.165, 1.54) is 37.6 Å². The van der Waals surface area contributed by atoms with Crippen molar-refractivity contribution in [3.63, 3.8) is 0 Å². The minimum absolute atomic E-state index is 0.215. The molecule has 1 heterocycles. The van der Waals surface area contributed by atoms with E-state index < -0.39 is 0 Å². The lowest BCUT2D eigenvalue weighted by Crippen LogP contribution is -2.34. The van der Waals surface area contributed by atoms with Gasteiger partial charge in [-0.25, -0.2) is 4.98 Å². The van der Waals surface area contributed by atoms with E-state index in [1.807, 2.05) is 6.07 Å². The first-order valence-corrected chi connectivity index (χ1v) is 10.8. The van der Waals surface area contributed by atoms with Gasteiger partial charge in [-0.15, -0.1) is 0 Å². The van der Waals surface area contributed by atoms with Crippen molar-refractivity contribution in [2.24, 2.45) is 11.8 Å². The number of imidazole rings is 1. The third kappa shape index (κ3) is 4.91. The highest BCUT2D eigenvalue weighted by atomic mass is 16.1. The Bertz CT molecular complexity index is 741. The minimum Gasteiger partial charge on any atom is -0.355 e. The Labute approximate surface area is 163 Å². The van der Waals surface area contributed by atoms with Crippen molar-refractivity contribution in [2.75, 3.05) is 6.54 Å². The van der Waals surface area contributed by atoms with Gasteiger partial charge < -0.3 is 9.88 Å². The summed E-state index contributed by atoms with van der Waals surface area (Å²) in [6.45, 7) is 7.30. The molecule has 4 heteroatoms. The topological polar surface area (TPSA) is 46.9 Å². The van der Waals surface area contributed by atoms with E-state index in [4.69, 9.17) is 4.98 Å². The van der Waals surface area contributed by atoms with E-state index in [0.717, 1.165) is 36.5 Å². The first-order chi connectivity index (χ1) is 13.1. The smallest absolute Gasteiger partial charge is 0.223 e. The van der Waals surface area contributed by atoms with E-state index in [-0.39, 0.29) is 11.8 Å². The highest BCUT2D eigenvalue weighted by Gasteiger charge is 2.25. The van der Waals surface area contributed by atoms with Gasteiger partial charge in [0.25, 0.3) is 0 Å².